The first-order chi connectivity index (χ1) is 10.1. The van der Waals surface area contributed by atoms with Crippen LogP contribution in [0.5, 0.6) is 5.75 Å². The molecule has 2 N–H and O–H groups in total. The minimum atomic E-state index is -0.113. The summed E-state index contributed by atoms with van der Waals surface area (Å²) in [5.74, 6) is 0.694. The van der Waals surface area contributed by atoms with Gasteiger partial charge in [0.1, 0.15) is 23.1 Å². The Kier molecular flexibility index (Phi) is 7.31. The smallest absolute Gasteiger partial charge is 0.273 e. The van der Waals surface area contributed by atoms with Gasteiger partial charge in [-0.3, -0.25) is 4.79 Å². The number of hydrogen-bond donors (Lipinski definition) is 1. The number of hydrogen-bond acceptors (Lipinski definition) is 5. The topological polar surface area (TPSA) is 68.5 Å². The molecule has 0 spiro atoms. The lowest BCUT2D eigenvalue weighted by atomic mass is 10.2. The SMILES string of the molecule is Cc1ccc(OCCN(C)C(=O)c2csc(CN)n2)cc1.Cl. The third kappa shape index (κ3) is 4.98. The van der Waals surface area contributed by atoms with Crippen molar-refractivity contribution in [3.05, 3.63) is 45.9 Å². The van der Waals surface area contributed by atoms with Gasteiger partial charge in [-0.05, 0) is 19.1 Å². The molecule has 0 unspecified atom stereocenters. The summed E-state index contributed by atoms with van der Waals surface area (Å²) >= 11 is 1.40. The van der Waals surface area contributed by atoms with Crippen LogP contribution in [0.4, 0.5) is 0 Å². The molecule has 120 valence electrons. The number of amides is 1. The molecule has 1 amide bonds. The lowest BCUT2D eigenvalue weighted by Gasteiger charge is -2.16. The molecule has 0 radical (unpaired) electrons. The van der Waals surface area contributed by atoms with Crippen molar-refractivity contribution in [1.82, 2.24) is 9.88 Å². The third-order valence-electron chi connectivity index (χ3n) is 3.01. The Morgan fingerprint density at radius 2 is 2.05 bits per heavy atom. The van der Waals surface area contributed by atoms with Crippen molar-refractivity contribution in [2.24, 2.45) is 5.73 Å². The normalized spacial score (nSPS) is 9.95. The molecule has 1 aromatic carbocycles. The number of nitrogens with zero attached hydrogens (tertiary/aromatic N) is 2. The van der Waals surface area contributed by atoms with Gasteiger partial charge in [0.25, 0.3) is 5.91 Å². The average Bonchev–Trinajstić information content (AvgIpc) is 2.97. The van der Waals surface area contributed by atoms with Crippen molar-refractivity contribution in [2.45, 2.75) is 13.5 Å². The van der Waals surface area contributed by atoms with Gasteiger partial charge in [0.2, 0.25) is 0 Å². The summed E-state index contributed by atoms with van der Waals surface area (Å²) in [6.45, 7) is 3.33. The maximum Gasteiger partial charge on any atom is 0.273 e. The number of nitrogens with two attached hydrogens (primary N) is 1. The van der Waals surface area contributed by atoms with Crippen molar-refractivity contribution in [3.63, 3.8) is 0 Å². The van der Waals surface area contributed by atoms with E-state index in [-0.39, 0.29) is 18.3 Å². The molecule has 0 saturated carbocycles. The molecule has 5 nitrogen and oxygen atoms in total. The Hall–Kier alpha value is -1.63. The van der Waals surface area contributed by atoms with Gasteiger partial charge >= 0.3 is 0 Å². The van der Waals surface area contributed by atoms with Crippen LogP contribution in [0.15, 0.2) is 29.6 Å². The van der Waals surface area contributed by atoms with E-state index in [1.165, 1.54) is 16.9 Å². The van der Waals surface area contributed by atoms with Gasteiger partial charge in [0.05, 0.1) is 6.54 Å². The zero-order valence-electron chi connectivity index (χ0n) is 12.6. The molecule has 0 bridgehead atoms. The Morgan fingerprint density at radius 1 is 1.36 bits per heavy atom. The number of aromatic nitrogens is 1. The van der Waals surface area contributed by atoms with Gasteiger partial charge in [0.15, 0.2) is 0 Å². The fourth-order valence-corrected chi connectivity index (χ4v) is 2.38. The number of halogens is 1. The number of carbonyl (C=O) groups is 1. The van der Waals surface area contributed by atoms with E-state index in [0.29, 0.717) is 25.4 Å². The molecule has 2 rings (SSSR count). The van der Waals surface area contributed by atoms with Crippen LogP contribution in [0, 0.1) is 6.92 Å². The molecule has 0 aliphatic heterocycles. The zero-order valence-corrected chi connectivity index (χ0v) is 14.2. The fraction of sp³-hybridized carbons (Fsp3) is 0.333. The first-order valence-corrected chi connectivity index (χ1v) is 7.57. The summed E-state index contributed by atoms with van der Waals surface area (Å²) in [5, 5.41) is 2.50. The first kappa shape index (κ1) is 18.4. The molecular formula is C15H20ClN3O2S. The molecule has 0 atom stereocenters. The summed E-state index contributed by atoms with van der Waals surface area (Å²) in [6.07, 6.45) is 0. The quantitative estimate of drug-likeness (QED) is 0.876. The Morgan fingerprint density at radius 3 is 2.64 bits per heavy atom. The van der Waals surface area contributed by atoms with E-state index >= 15 is 0 Å². The minimum absolute atomic E-state index is 0. The molecule has 22 heavy (non-hydrogen) atoms. The van der Waals surface area contributed by atoms with Crippen molar-refractivity contribution in [3.8, 4) is 5.75 Å². The van der Waals surface area contributed by atoms with E-state index in [1.54, 1.807) is 17.3 Å². The second kappa shape index (κ2) is 8.73. The summed E-state index contributed by atoms with van der Waals surface area (Å²) in [4.78, 5) is 17.9. The second-order valence-corrected chi connectivity index (χ2v) is 5.66. The van der Waals surface area contributed by atoms with Crippen LogP contribution in [0.1, 0.15) is 21.1 Å². The monoisotopic (exact) mass is 341 g/mol. The molecule has 0 saturated heterocycles. The van der Waals surface area contributed by atoms with Crippen molar-refractivity contribution >= 4 is 29.7 Å². The zero-order chi connectivity index (χ0) is 15.2. The third-order valence-corrected chi connectivity index (χ3v) is 3.88. The average molecular weight is 342 g/mol. The lowest BCUT2D eigenvalue weighted by molar-refractivity contribution is 0.0768. The molecule has 0 aliphatic rings. The summed E-state index contributed by atoms with van der Waals surface area (Å²) in [6, 6.07) is 7.83. The van der Waals surface area contributed by atoms with Gasteiger partial charge in [-0.2, -0.15) is 0 Å². The van der Waals surface area contributed by atoms with E-state index in [0.717, 1.165) is 10.8 Å². The predicted octanol–water partition coefficient (Wildman–Crippen LogP) is 2.48. The number of carbonyl (C=O) groups excluding carboxylic acids is 1. The molecule has 1 aromatic heterocycles. The maximum atomic E-state index is 12.1. The Balaban J connectivity index is 0.00000242. The number of aryl methyl sites for hydroxylation is 1. The number of rotatable bonds is 6. The van der Waals surface area contributed by atoms with Crippen LogP contribution in [0.3, 0.4) is 0 Å². The van der Waals surface area contributed by atoms with Gasteiger partial charge < -0.3 is 15.4 Å². The highest BCUT2D eigenvalue weighted by atomic mass is 35.5. The Labute approximate surface area is 140 Å². The predicted molar refractivity (Wildman–Crippen MR) is 90.9 cm³/mol. The lowest BCUT2D eigenvalue weighted by Crippen LogP contribution is -2.31. The molecule has 1 heterocycles. The van der Waals surface area contributed by atoms with Crippen molar-refractivity contribution in [1.29, 1.82) is 0 Å². The number of thiazole rings is 1. The highest BCUT2D eigenvalue weighted by molar-refractivity contribution is 7.09. The Bertz CT molecular complexity index is 601. The molecule has 0 aliphatic carbocycles. The summed E-state index contributed by atoms with van der Waals surface area (Å²) < 4.78 is 5.61. The minimum Gasteiger partial charge on any atom is -0.492 e. The van der Waals surface area contributed by atoms with Gasteiger partial charge in [-0.15, -0.1) is 23.7 Å². The number of ether oxygens (including phenoxy) is 1. The van der Waals surface area contributed by atoms with Crippen LogP contribution in [0.25, 0.3) is 0 Å². The number of benzene rings is 1. The van der Waals surface area contributed by atoms with Crippen LogP contribution >= 0.6 is 23.7 Å². The van der Waals surface area contributed by atoms with E-state index in [9.17, 15) is 4.79 Å². The van der Waals surface area contributed by atoms with Crippen LogP contribution in [-0.2, 0) is 6.54 Å². The van der Waals surface area contributed by atoms with Crippen LogP contribution in [0.2, 0.25) is 0 Å². The second-order valence-electron chi connectivity index (χ2n) is 4.72. The molecule has 2 aromatic rings. The standard InChI is InChI=1S/C15H19N3O2S.ClH/c1-11-3-5-12(6-4-11)20-8-7-18(2)15(19)13-10-21-14(9-16)17-13;/h3-6,10H,7-9,16H2,1-2H3;1H. The molecule has 7 heteroatoms. The van der Waals surface area contributed by atoms with E-state index in [4.69, 9.17) is 10.5 Å². The molecular weight excluding hydrogens is 322 g/mol. The first-order valence-electron chi connectivity index (χ1n) is 6.69. The van der Waals surface area contributed by atoms with Crippen molar-refractivity contribution in [2.75, 3.05) is 20.2 Å². The van der Waals surface area contributed by atoms with Crippen LogP contribution in [-0.4, -0.2) is 36.0 Å². The van der Waals surface area contributed by atoms with E-state index < -0.39 is 0 Å². The maximum absolute atomic E-state index is 12.1. The van der Waals surface area contributed by atoms with Gasteiger partial charge in [-0.1, -0.05) is 17.7 Å². The van der Waals surface area contributed by atoms with E-state index in [1.807, 2.05) is 31.2 Å². The summed E-state index contributed by atoms with van der Waals surface area (Å²) in [7, 11) is 1.74. The van der Waals surface area contributed by atoms with Crippen molar-refractivity contribution < 1.29 is 9.53 Å². The van der Waals surface area contributed by atoms with Gasteiger partial charge in [0, 0.05) is 19.0 Å². The largest absolute Gasteiger partial charge is 0.492 e. The van der Waals surface area contributed by atoms with Gasteiger partial charge in [-0.25, -0.2) is 4.98 Å². The highest BCUT2D eigenvalue weighted by Crippen LogP contribution is 2.12. The van der Waals surface area contributed by atoms with E-state index in [2.05, 4.69) is 4.98 Å². The number of likely N-dealkylation sites (N-methyl/N-ethyl adjacent to an activating group) is 1. The van der Waals surface area contributed by atoms with Crippen LogP contribution < -0.4 is 10.5 Å². The summed E-state index contributed by atoms with van der Waals surface area (Å²) in [5.41, 5.74) is 7.13. The highest BCUT2D eigenvalue weighted by Gasteiger charge is 2.15. The fourth-order valence-electron chi connectivity index (χ4n) is 1.73. The molecule has 0 fully saturated rings.